The number of alkyl halides is 1. The van der Waals surface area contributed by atoms with Gasteiger partial charge >= 0.3 is 0 Å². The van der Waals surface area contributed by atoms with Crippen molar-refractivity contribution in [1.29, 1.82) is 0 Å². The highest BCUT2D eigenvalue weighted by Gasteiger charge is 2.17. The number of rotatable bonds is 3. The second-order valence-corrected chi connectivity index (χ2v) is 4.83. The molecule has 0 N–H and O–H groups in total. The van der Waals surface area contributed by atoms with Crippen LogP contribution < -0.4 is 4.74 Å². The molecule has 0 radical (unpaired) electrons. The third kappa shape index (κ3) is 2.48. The lowest BCUT2D eigenvalue weighted by atomic mass is 10.1. The van der Waals surface area contributed by atoms with E-state index in [1.54, 1.807) is 14.0 Å². The van der Waals surface area contributed by atoms with Crippen molar-refractivity contribution in [1.82, 2.24) is 0 Å². The largest absolute Gasteiger partial charge is 0.496 e. The summed E-state index contributed by atoms with van der Waals surface area (Å²) in [7, 11) is 1.62. The maximum absolute atomic E-state index is 11.2. The summed E-state index contributed by atoms with van der Waals surface area (Å²) in [6.07, 6.45) is 0. The number of hydrogen-bond acceptors (Lipinski definition) is 2. The fourth-order valence-corrected chi connectivity index (χ4v) is 2.80. The lowest BCUT2D eigenvalue weighted by Gasteiger charge is -2.11. The summed E-state index contributed by atoms with van der Waals surface area (Å²) in [4.78, 5) is 11.0. The van der Waals surface area contributed by atoms with Gasteiger partial charge in [0.2, 0.25) is 0 Å². The van der Waals surface area contributed by atoms with Crippen LogP contribution in [0.2, 0.25) is 0 Å². The quantitative estimate of drug-likeness (QED) is 0.604. The minimum atomic E-state index is -0.246. The lowest BCUT2D eigenvalue weighted by molar-refractivity contribution is -0.116. The topological polar surface area (TPSA) is 26.3 Å². The Labute approximate surface area is 105 Å². The lowest BCUT2D eigenvalue weighted by Crippen LogP contribution is -2.04. The zero-order valence-corrected chi connectivity index (χ0v) is 11.6. The molecule has 0 spiro atoms. The predicted molar refractivity (Wildman–Crippen MR) is 68.1 cm³/mol. The van der Waals surface area contributed by atoms with Gasteiger partial charge in [0.25, 0.3) is 0 Å². The fraction of sp³-hybridized carbons (Fsp3) is 0.300. The van der Waals surface area contributed by atoms with E-state index in [1.165, 1.54) is 0 Å². The molecule has 14 heavy (non-hydrogen) atoms. The number of benzene rings is 1. The molecule has 0 aliphatic heterocycles. The number of ether oxygens (including phenoxy) is 1. The van der Waals surface area contributed by atoms with Crippen molar-refractivity contribution in [2.75, 3.05) is 7.11 Å². The average Bonchev–Trinajstić information content (AvgIpc) is 2.17. The molecule has 0 aromatic heterocycles. The Morgan fingerprint density at radius 1 is 1.57 bits per heavy atom. The monoisotopic (exact) mass is 368 g/mol. The molecular weight excluding hydrogens is 359 g/mol. The standard InChI is InChI=1S/C10H10BrIO2/c1-6(13)9(11)7-4-3-5-8(14-2)10(7)12/h3-5,9H,1-2H3. The number of hydrogen-bond donors (Lipinski definition) is 0. The molecule has 0 bridgehead atoms. The van der Waals surface area contributed by atoms with Crippen LogP contribution in [-0.2, 0) is 4.79 Å². The van der Waals surface area contributed by atoms with Crippen molar-refractivity contribution in [3.63, 3.8) is 0 Å². The molecule has 2 nitrogen and oxygen atoms in total. The van der Waals surface area contributed by atoms with Crippen LogP contribution in [0.5, 0.6) is 5.75 Å². The van der Waals surface area contributed by atoms with Gasteiger partial charge in [-0.2, -0.15) is 0 Å². The van der Waals surface area contributed by atoms with Crippen molar-refractivity contribution in [2.24, 2.45) is 0 Å². The van der Waals surface area contributed by atoms with Gasteiger partial charge in [-0.15, -0.1) is 0 Å². The second kappa shape index (κ2) is 5.11. The van der Waals surface area contributed by atoms with Gasteiger partial charge in [0.15, 0.2) is 0 Å². The zero-order valence-electron chi connectivity index (χ0n) is 7.88. The highest BCUT2D eigenvalue weighted by atomic mass is 127. The van der Waals surface area contributed by atoms with E-state index in [-0.39, 0.29) is 10.6 Å². The zero-order chi connectivity index (χ0) is 10.7. The Morgan fingerprint density at radius 3 is 2.71 bits per heavy atom. The normalized spacial score (nSPS) is 12.3. The van der Waals surface area contributed by atoms with Crippen LogP contribution in [0, 0.1) is 3.57 Å². The van der Waals surface area contributed by atoms with Gasteiger partial charge in [-0.05, 0) is 41.1 Å². The first-order valence-corrected chi connectivity index (χ1v) is 6.04. The fourth-order valence-electron chi connectivity index (χ4n) is 1.10. The molecule has 1 rings (SSSR count). The number of Topliss-reactive ketones (excluding diaryl/α,β-unsaturated/α-hetero) is 1. The Bertz CT molecular complexity index is 352. The molecule has 0 saturated carbocycles. The number of methoxy groups -OCH3 is 1. The average molecular weight is 369 g/mol. The third-order valence-electron chi connectivity index (χ3n) is 1.84. The van der Waals surface area contributed by atoms with Crippen molar-refractivity contribution < 1.29 is 9.53 Å². The number of carbonyl (C=O) groups is 1. The number of carbonyl (C=O) groups excluding carboxylic acids is 1. The summed E-state index contributed by atoms with van der Waals surface area (Å²) in [6.45, 7) is 1.56. The van der Waals surface area contributed by atoms with E-state index >= 15 is 0 Å². The van der Waals surface area contributed by atoms with Crippen LogP contribution in [0.4, 0.5) is 0 Å². The summed E-state index contributed by atoms with van der Waals surface area (Å²) in [6, 6.07) is 5.68. The van der Waals surface area contributed by atoms with Gasteiger partial charge in [-0.1, -0.05) is 28.1 Å². The first-order valence-electron chi connectivity index (χ1n) is 4.05. The van der Waals surface area contributed by atoms with Crippen molar-refractivity contribution in [3.8, 4) is 5.75 Å². The number of ketones is 1. The van der Waals surface area contributed by atoms with E-state index in [0.29, 0.717) is 0 Å². The van der Waals surface area contributed by atoms with Crippen LogP contribution >= 0.6 is 38.5 Å². The molecule has 0 fully saturated rings. The molecule has 76 valence electrons. The Balaban J connectivity index is 3.15. The maximum atomic E-state index is 11.2. The molecule has 0 aliphatic carbocycles. The summed E-state index contributed by atoms with van der Waals surface area (Å²) < 4.78 is 6.15. The predicted octanol–water partition coefficient (Wildman–Crippen LogP) is 3.32. The highest BCUT2D eigenvalue weighted by Crippen LogP contribution is 2.32. The van der Waals surface area contributed by atoms with Gasteiger partial charge in [-0.3, -0.25) is 4.79 Å². The first-order chi connectivity index (χ1) is 6.57. The van der Waals surface area contributed by atoms with Gasteiger partial charge < -0.3 is 4.74 Å². The van der Waals surface area contributed by atoms with Gasteiger partial charge in [0, 0.05) is 0 Å². The van der Waals surface area contributed by atoms with Crippen molar-refractivity contribution in [3.05, 3.63) is 27.3 Å². The number of halogens is 2. The minimum absolute atomic E-state index is 0.0937. The van der Waals surface area contributed by atoms with Gasteiger partial charge in [0.1, 0.15) is 11.5 Å². The molecular formula is C10H10BrIO2. The summed E-state index contributed by atoms with van der Waals surface area (Å²) in [5.41, 5.74) is 0.956. The molecule has 1 atom stereocenters. The molecule has 0 heterocycles. The summed E-state index contributed by atoms with van der Waals surface area (Å²) in [5, 5.41) is 0. The van der Waals surface area contributed by atoms with Gasteiger partial charge in [0.05, 0.1) is 15.5 Å². The van der Waals surface area contributed by atoms with E-state index in [0.717, 1.165) is 14.9 Å². The molecule has 4 heteroatoms. The highest BCUT2D eigenvalue weighted by molar-refractivity contribution is 14.1. The maximum Gasteiger partial charge on any atom is 0.147 e. The molecule has 0 saturated heterocycles. The first kappa shape index (κ1) is 12.0. The minimum Gasteiger partial charge on any atom is -0.496 e. The van der Waals surface area contributed by atoms with Crippen LogP contribution in [-0.4, -0.2) is 12.9 Å². The van der Waals surface area contributed by atoms with Crippen molar-refractivity contribution in [2.45, 2.75) is 11.8 Å². The second-order valence-electron chi connectivity index (χ2n) is 2.84. The van der Waals surface area contributed by atoms with Crippen LogP contribution in [0.1, 0.15) is 17.3 Å². The van der Waals surface area contributed by atoms with E-state index in [4.69, 9.17) is 4.74 Å². The van der Waals surface area contributed by atoms with Crippen LogP contribution in [0.25, 0.3) is 0 Å². The Morgan fingerprint density at radius 2 is 2.21 bits per heavy atom. The van der Waals surface area contributed by atoms with Crippen molar-refractivity contribution >= 4 is 44.3 Å². The SMILES string of the molecule is COc1cccc(C(Br)C(C)=O)c1I. The molecule has 1 aromatic carbocycles. The van der Waals surface area contributed by atoms with E-state index in [9.17, 15) is 4.79 Å². The smallest absolute Gasteiger partial charge is 0.147 e. The summed E-state index contributed by atoms with van der Waals surface area (Å²) >= 11 is 5.54. The van der Waals surface area contributed by atoms with E-state index < -0.39 is 0 Å². The van der Waals surface area contributed by atoms with E-state index in [2.05, 4.69) is 38.5 Å². The molecule has 0 amide bonds. The van der Waals surface area contributed by atoms with Crippen LogP contribution in [0.15, 0.2) is 18.2 Å². The van der Waals surface area contributed by atoms with E-state index in [1.807, 2.05) is 18.2 Å². The van der Waals surface area contributed by atoms with Gasteiger partial charge in [-0.25, -0.2) is 0 Å². The Hall–Kier alpha value is -0.100. The van der Waals surface area contributed by atoms with Crippen LogP contribution in [0.3, 0.4) is 0 Å². The molecule has 0 aliphatic rings. The summed E-state index contributed by atoms with van der Waals surface area (Å²) in [5.74, 6) is 0.893. The Kier molecular flexibility index (Phi) is 4.37. The molecule has 1 aromatic rings. The third-order valence-corrected chi connectivity index (χ3v) is 4.14. The molecule has 1 unspecified atom stereocenters.